The van der Waals surface area contributed by atoms with E-state index >= 15 is 0 Å². The van der Waals surface area contributed by atoms with Crippen LogP contribution in [0.4, 0.5) is 5.69 Å². The standard InChI is InChI=1S/C20H22N2O4/c1-15(26-17-7-8-18-19(13-17)25-14-24-18)20(23)22-11-9-21(10-12-22)16-5-3-2-4-6-16/h2-8,13,15H,9-12,14H2,1H3/t15-/m0/s1. The van der Waals surface area contributed by atoms with Crippen LogP contribution in [0.15, 0.2) is 48.5 Å². The Bertz CT molecular complexity index is 773. The maximum absolute atomic E-state index is 12.7. The number of fused-ring (bicyclic) bond motifs is 1. The van der Waals surface area contributed by atoms with E-state index in [1.54, 1.807) is 25.1 Å². The topological polar surface area (TPSA) is 51.2 Å². The minimum atomic E-state index is -0.543. The molecule has 0 aromatic heterocycles. The molecular weight excluding hydrogens is 332 g/mol. The Morgan fingerprint density at radius 1 is 1.00 bits per heavy atom. The minimum absolute atomic E-state index is 0.00961. The molecule has 2 aliphatic rings. The third-order valence-corrected chi connectivity index (χ3v) is 4.72. The summed E-state index contributed by atoms with van der Waals surface area (Å²) >= 11 is 0. The van der Waals surface area contributed by atoms with Crippen molar-refractivity contribution in [3.63, 3.8) is 0 Å². The molecule has 2 aliphatic heterocycles. The number of nitrogens with zero attached hydrogens (tertiary/aromatic N) is 2. The number of para-hydroxylation sites is 1. The molecule has 1 atom stereocenters. The van der Waals surface area contributed by atoms with E-state index in [1.165, 1.54) is 5.69 Å². The molecule has 0 unspecified atom stereocenters. The molecule has 2 aromatic carbocycles. The molecule has 136 valence electrons. The van der Waals surface area contributed by atoms with Gasteiger partial charge in [0, 0.05) is 37.9 Å². The Hall–Kier alpha value is -2.89. The summed E-state index contributed by atoms with van der Waals surface area (Å²) < 4.78 is 16.5. The van der Waals surface area contributed by atoms with Gasteiger partial charge in [-0.05, 0) is 31.2 Å². The fourth-order valence-electron chi connectivity index (χ4n) is 3.29. The van der Waals surface area contributed by atoms with Crippen LogP contribution in [0.25, 0.3) is 0 Å². The molecule has 2 aromatic rings. The van der Waals surface area contributed by atoms with Crippen molar-refractivity contribution in [3.05, 3.63) is 48.5 Å². The highest BCUT2D eigenvalue weighted by atomic mass is 16.7. The average molecular weight is 354 g/mol. The lowest BCUT2D eigenvalue weighted by Crippen LogP contribution is -2.52. The second kappa shape index (κ2) is 7.15. The predicted octanol–water partition coefficient (Wildman–Crippen LogP) is 2.53. The van der Waals surface area contributed by atoms with Gasteiger partial charge in [0.15, 0.2) is 17.6 Å². The van der Waals surface area contributed by atoms with Gasteiger partial charge in [-0.25, -0.2) is 0 Å². The zero-order valence-corrected chi connectivity index (χ0v) is 14.8. The Kier molecular flexibility index (Phi) is 4.56. The number of hydrogen-bond donors (Lipinski definition) is 0. The molecule has 0 aliphatic carbocycles. The van der Waals surface area contributed by atoms with Crippen molar-refractivity contribution in [2.45, 2.75) is 13.0 Å². The molecule has 2 heterocycles. The van der Waals surface area contributed by atoms with E-state index in [1.807, 2.05) is 23.1 Å². The van der Waals surface area contributed by atoms with Crippen LogP contribution in [0.3, 0.4) is 0 Å². The van der Waals surface area contributed by atoms with Crippen LogP contribution < -0.4 is 19.1 Å². The highest BCUT2D eigenvalue weighted by molar-refractivity contribution is 5.81. The van der Waals surface area contributed by atoms with Crippen molar-refractivity contribution in [3.8, 4) is 17.2 Å². The van der Waals surface area contributed by atoms with Gasteiger partial charge in [-0.15, -0.1) is 0 Å². The first kappa shape index (κ1) is 16.6. The van der Waals surface area contributed by atoms with E-state index in [9.17, 15) is 4.79 Å². The largest absolute Gasteiger partial charge is 0.481 e. The number of carbonyl (C=O) groups is 1. The van der Waals surface area contributed by atoms with Gasteiger partial charge in [0.2, 0.25) is 6.79 Å². The first-order valence-corrected chi connectivity index (χ1v) is 8.86. The summed E-state index contributed by atoms with van der Waals surface area (Å²) in [6.07, 6.45) is -0.543. The summed E-state index contributed by atoms with van der Waals surface area (Å²) in [5, 5.41) is 0. The Balaban J connectivity index is 1.33. The monoisotopic (exact) mass is 354 g/mol. The zero-order chi connectivity index (χ0) is 17.9. The van der Waals surface area contributed by atoms with Crippen LogP contribution in [0.5, 0.6) is 17.2 Å². The van der Waals surface area contributed by atoms with Crippen LogP contribution in [-0.4, -0.2) is 49.9 Å². The van der Waals surface area contributed by atoms with Gasteiger partial charge in [0.25, 0.3) is 5.91 Å². The van der Waals surface area contributed by atoms with Crippen LogP contribution in [-0.2, 0) is 4.79 Å². The lowest BCUT2D eigenvalue weighted by molar-refractivity contribution is -0.138. The van der Waals surface area contributed by atoms with Crippen molar-refractivity contribution < 1.29 is 19.0 Å². The van der Waals surface area contributed by atoms with E-state index in [4.69, 9.17) is 14.2 Å². The molecule has 6 heteroatoms. The fourth-order valence-corrected chi connectivity index (χ4v) is 3.29. The highest BCUT2D eigenvalue weighted by Crippen LogP contribution is 2.35. The number of anilines is 1. The molecule has 0 saturated carbocycles. The number of carbonyl (C=O) groups excluding carboxylic acids is 1. The quantitative estimate of drug-likeness (QED) is 0.845. The SMILES string of the molecule is C[C@H](Oc1ccc2c(c1)OCO2)C(=O)N1CCN(c2ccccc2)CC1. The van der Waals surface area contributed by atoms with Gasteiger partial charge in [-0.1, -0.05) is 18.2 Å². The van der Waals surface area contributed by atoms with Crippen LogP contribution in [0.2, 0.25) is 0 Å². The molecule has 0 N–H and O–H groups in total. The molecule has 0 bridgehead atoms. The van der Waals surface area contributed by atoms with Gasteiger partial charge in [-0.2, -0.15) is 0 Å². The van der Waals surface area contributed by atoms with Crippen molar-refractivity contribution in [2.75, 3.05) is 37.9 Å². The number of amides is 1. The van der Waals surface area contributed by atoms with Crippen molar-refractivity contribution in [1.29, 1.82) is 0 Å². The molecule has 26 heavy (non-hydrogen) atoms. The zero-order valence-electron chi connectivity index (χ0n) is 14.8. The lowest BCUT2D eigenvalue weighted by atomic mass is 10.2. The molecule has 0 radical (unpaired) electrons. The van der Waals surface area contributed by atoms with E-state index in [0.29, 0.717) is 30.3 Å². The molecule has 6 nitrogen and oxygen atoms in total. The van der Waals surface area contributed by atoms with E-state index in [2.05, 4.69) is 17.0 Å². The van der Waals surface area contributed by atoms with Crippen molar-refractivity contribution >= 4 is 11.6 Å². The molecule has 1 amide bonds. The Labute approximate surface area is 152 Å². The second-order valence-corrected chi connectivity index (χ2v) is 6.42. The van der Waals surface area contributed by atoms with Crippen LogP contribution in [0.1, 0.15) is 6.92 Å². The third-order valence-electron chi connectivity index (χ3n) is 4.72. The van der Waals surface area contributed by atoms with E-state index in [-0.39, 0.29) is 12.7 Å². The van der Waals surface area contributed by atoms with Gasteiger partial charge in [0.1, 0.15) is 5.75 Å². The number of rotatable bonds is 4. The first-order valence-electron chi connectivity index (χ1n) is 8.86. The van der Waals surface area contributed by atoms with Crippen LogP contribution in [0, 0.1) is 0 Å². The minimum Gasteiger partial charge on any atom is -0.481 e. The summed E-state index contributed by atoms with van der Waals surface area (Å²) in [4.78, 5) is 16.9. The molecule has 1 fully saturated rings. The summed E-state index contributed by atoms with van der Waals surface area (Å²) in [5.74, 6) is 1.97. The van der Waals surface area contributed by atoms with Crippen molar-refractivity contribution in [1.82, 2.24) is 4.90 Å². The highest BCUT2D eigenvalue weighted by Gasteiger charge is 2.26. The maximum atomic E-state index is 12.7. The van der Waals surface area contributed by atoms with Gasteiger partial charge >= 0.3 is 0 Å². The fraction of sp³-hybridized carbons (Fsp3) is 0.350. The Morgan fingerprint density at radius 3 is 2.50 bits per heavy atom. The van der Waals surface area contributed by atoms with Crippen LogP contribution >= 0.6 is 0 Å². The smallest absolute Gasteiger partial charge is 0.263 e. The molecular formula is C20H22N2O4. The maximum Gasteiger partial charge on any atom is 0.263 e. The molecule has 4 rings (SSSR count). The number of benzene rings is 2. The normalized spacial score (nSPS) is 17.1. The Morgan fingerprint density at radius 2 is 1.73 bits per heavy atom. The lowest BCUT2D eigenvalue weighted by Gasteiger charge is -2.37. The van der Waals surface area contributed by atoms with Gasteiger partial charge in [-0.3, -0.25) is 4.79 Å². The summed E-state index contributed by atoms with van der Waals surface area (Å²) in [6, 6.07) is 15.6. The summed E-state index contributed by atoms with van der Waals surface area (Å²) in [6.45, 7) is 5.06. The summed E-state index contributed by atoms with van der Waals surface area (Å²) in [7, 11) is 0. The number of piperazine rings is 1. The number of ether oxygens (including phenoxy) is 3. The van der Waals surface area contributed by atoms with E-state index in [0.717, 1.165) is 13.1 Å². The second-order valence-electron chi connectivity index (χ2n) is 6.42. The van der Waals surface area contributed by atoms with Gasteiger partial charge in [0.05, 0.1) is 0 Å². The van der Waals surface area contributed by atoms with E-state index < -0.39 is 6.10 Å². The number of hydrogen-bond acceptors (Lipinski definition) is 5. The molecule has 0 spiro atoms. The van der Waals surface area contributed by atoms with Crippen molar-refractivity contribution in [2.24, 2.45) is 0 Å². The predicted molar refractivity (Wildman–Crippen MR) is 97.9 cm³/mol. The first-order chi connectivity index (χ1) is 12.7. The average Bonchev–Trinajstić information content (AvgIpc) is 3.16. The molecule has 1 saturated heterocycles. The third kappa shape index (κ3) is 3.40. The van der Waals surface area contributed by atoms with Gasteiger partial charge < -0.3 is 24.0 Å². The summed E-state index contributed by atoms with van der Waals surface area (Å²) in [5.41, 5.74) is 1.20.